The van der Waals surface area contributed by atoms with Gasteiger partial charge in [-0.1, -0.05) is 22.4 Å². The van der Waals surface area contributed by atoms with E-state index in [-0.39, 0.29) is 5.91 Å². The van der Waals surface area contributed by atoms with Crippen LogP contribution < -0.4 is 5.32 Å². The van der Waals surface area contributed by atoms with Crippen molar-refractivity contribution in [3.05, 3.63) is 0 Å². The lowest BCUT2D eigenvalue weighted by Gasteiger charge is -2.20. The minimum absolute atomic E-state index is 0.213. The third-order valence-corrected chi connectivity index (χ3v) is 4.45. The molecule has 0 radical (unpaired) electrons. The standard InChI is InChI=1S/C13H22BrNO2/c14-3-5-17-6-4-15-13(16)9-12-8-10-1-2-11(12)7-10/h10-12H,1-9H2,(H,15,16). The smallest absolute Gasteiger partial charge is 0.220 e. The number of fused-ring (bicyclic) bond motifs is 2. The Kier molecular flexibility index (Phi) is 5.29. The molecule has 0 aliphatic heterocycles. The molecule has 3 atom stereocenters. The largest absolute Gasteiger partial charge is 0.379 e. The van der Waals surface area contributed by atoms with Crippen LogP contribution in [0.4, 0.5) is 0 Å². The Morgan fingerprint density at radius 2 is 2.18 bits per heavy atom. The third-order valence-electron chi connectivity index (χ3n) is 4.12. The molecule has 2 aliphatic rings. The molecule has 3 nitrogen and oxygen atoms in total. The molecule has 2 rings (SSSR count). The lowest BCUT2D eigenvalue weighted by molar-refractivity contribution is -0.122. The lowest BCUT2D eigenvalue weighted by atomic mass is 9.86. The fourth-order valence-electron chi connectivity index (χ4n) is 3.36. The van der Waals surface area contributed by atoms with Crippen LogP contribution in [0.25, 0.3) is 0 Å². The van der Waals surface area contributed by atoms with Crippen LogP contribution in [-0.4, -0.2) is 31.0 Å². The zero-order valence-corrected chi connectivity index (χ0v) is 11.9. The minimum Gasteiger partial charge on any atom is -0.379 e. The van der Waals surface area contributed by atoms with Crippen LogP contribution in [0, 0.1) is 17.8 Å². The fourth-order valence-corrected chi connectivity index (χ4v) is 3.58. The molecule has 0 spiro atoms. The number of ether oxygens (including phenoxy) is 1. The van der Waals surface area contributed by atoms with Gasteiger partial charge >= 0.3 is 0 Å². The molecule has 17 heavy (non-hydrogen) atoms. The maximum absolute atomic E-state index is 11.7. The highest BCUT2D eigenvalue weighted by atomic mass is 79.9. The summed E-state index contributed by atoms with van der Waals surface area (Å²) in [7, 11) is 0. The summed E-state index contributed by atoms with van der Waals surface area (Å²) in [6.07, 6.45) is 6.17. The van der Waals surface area contributed by atoms with E-state index >= 15 is 0 Å². The monoisotopic (exact) mass is 303 g/mol. The average molecular weight is 304 g/mol. The van der Waals surface area contributed by atoms with Crippen LogP contribution in [0.5, 0.6) is 0 Å². The highest BCUT2D eigenvalue weighted by Crippen LogP contribution is 2.49. The number of rotatable bonds is 7. The molecule has 3 unspecified atom stereocenters. The van der Waals surface area contributed by atoms with E-state index in [1.807, 2.05) is 0 Å². The molecule has 2 bridgehead atoms. The topological polar surface area (TPSA) is 38.3 Å². The maximum Gasteiger partial charge on any atom is 0.220 e. The molecule has 0 aromatic rings. The molecule has 2 aliphatic carbocycles. The SMILES string of the molecule is O=C(CC1CC2CCC1C2)NCCOCCBr. The Morgan fingerprint density at radius 1 is 1.29 bits per heavy atom. The van der Waals surface area contributed by atoms with Gasteiger partial charge in [-0.2, -0.15) is 0 Å². The Morgan fingerprint density at radius 3 is 2.82 bits per heavy atom. The molecule has 0 aromatic carbocycles. The summed E-state index contributed by atoms with van der Waals surface area (Å²) in [6, 6.07) is 0. The molecule has 4 heteroatoms. The van der Waals surface area contributed by atoms with Crippen molar-refractivity contribution in [2.75, 3.05) is 25.1 Å². The van der Waals surface area contributed by atoms with E-state index in [0.717, 1.165) is 23.6 Å². The summed E-state index contributed by atoms with van der Waals surface area (Å²) >= 11 is 3.30. The van der Waals surface area contributed by atoms with Crippen molar-refractivity contribution in [3.63, 3.8) is 0 Å². The molecule has 1 amide bonds. The highest BCUT2D eigenvalue weighted by Gasteiger charge is 2.39. The first-order valence-corrected chi connectivity index (χ1v) is 7.82. The van der Waals surface area contributed by atoms with E-state index in [0.29, 0.717) is 25.7 Å². The summed E-state index contributed by atoms with van der Waals surface area (Å²) in [6.45, 7) is 1.98. The normalized spacial score (nSPS) is 30.8. The first kappa shape index (κ1) is 13.3. The van der Waals surface area contributed by atoms with E-state index in [2.05, 4.69) is 21.2 Å². The molecule has 2 saturated carbocycles. The van der Waals surface area contributed by atoms with Gasteiger partial charge in [0.2, 0.25) is 5.91 Å². The zero-order chi connectivity index (χ0) is 12.1. The number of halogens is 1. The van der Waals surface area contributed by atoms with Crippen molar-refractivity contribution in [2.45, 2.75) is 32.1 Å². The van der Waals surface area contributed by atoms with Crippen molar-refractivity contribution < 1.29 is 9.53 Å². The molecule has 2 fully saturated rings. The number of alkyl halides is 1. The van der Waals surface area contributed by atoms with Gasteiger partial charge in [0.1, 0.15) is 0 Å². The van der Waals surface area contributed by atoms with E-state index < -0.39 is 0 Å². The van der Waals surface area contributed by atoms with Gasteiger partial charge < -0.3 is 10.1 Å². The van der Waals surface area contributed by atoms with Crippen molar-refractivity contribution in [2.24, 2.45) is 17.8 Å². The third kappa shape index (κ3) is 3.95. The second-order valence-corrected chi connectivity index (χ2v) is 6.08. The van der Waals surface area contributed by atoms with E-state index in [1.165, 1.54) is 25.7 Å². The van der Waals surface area contributed by atoms with Crippen LogP contribution in [-0.2, 0) is 9.53 Å². The van der Waals surface area contributed by atoms with Crippen LogP contribution in [0.15, 0.2) is 0 Å². The average Bonchev–Trinajstić information content (AvgIpc) is 2.90. The fraction of sp³-hybridized carbons (Fsp3) is 0.923. The number of hydrogen-bond donors (Lipinski definition) is 1. The number of amides is 1. The van der Waals surface area contributed by atoms with Gasteiger partial charge in [0.05, 0.1) is 13.2 Å². The van der Waals surface area contributed by atoms with Crippen molar-refractivity contribution in [1.29, 1.82) is 0 Å². The van der Waals surface area contributed by atoms with Crippen molar-refractivity contribution >= 4 is 21.8 Å². The molecular weight excluding hydrogens is 282 g/mol. The quantitative estimate of drug-likeness (QED) is 0.579. The summed E-state index contributed by atoms with van der Waals surface area (Å²) in [4.78, 5) is 11.7. The molecule has 1 N–H and O–H groups in total. The first-order valence-electron chi connectivity index (χ1n) is 6.70. The van der Waals surface area contributed by atoms with Crippen LogP contribution >= 0.6 is 15.9 Å². The molecular formula is C13H22BrNO2. The highest BCUT2D eigenvalue weighted by molar-refractivity contribution is 9.09. The second kappa shape index (κ2) is 6.74. The number of carbonyl (C=O) groups is 1. The number of nitrogens with one attached hydrogen (secondary N) is 1. The van der Waals surface area contributed by atoms with Gasteiger partial charge in [-0.25, -0.2) is 0 Å². The van der Waals surface area contributed by atoms with E-state index in [1.54, 1.807) is 0 Å². The molecule has 98 valence electrons. The van der Waals surface area contributed by atoms with E-state index in [4.69, 9.17) is 4.74 Å². The van der Waals surface area contributed by atoms with Gasteiger partial charge in [0, 0.05) is 18.3 Å². The van der Waals surface area contributed by atoms with Crippen molar-refractivity contribution in [3.8, 4) is 0 Å². The van der Waals surface area contributed by atoms with Crippen LogP contribution in [0.2, 0.25) is 0 Å². The minimum atomic E-state index is 0.213. The first-order chi connectivity index (χ1) is 8.29. The van der Waals surface area contributed by atoms with Gasteiger partial charge in [-0.15, -0.1) is 0 Å². The van der Waals surface area contributed by atoms with Crippen LogP contribution in [0.1, 0.15) is 32.1 Å². The number of carbonyl (C=O) groups excluding carboxylic acids is 1. The van der Waals surface area contributed by atoms with Gasteiger partial charge in [-0.3, -0.25) is 4.79 Å². The summed E-state index contributed by atoms with van der Waals surface area (Å²) in [5.41, 5.74) is 0. The van der Waals surface area contributed by atoms with Gasteiger partial charge in [-0.05, 0) is 37.0 Å². The van der Waals surface area contributed by atoms with Gasteiger partial charge in [0.15, 0.2) is 0 Å². The molecule has 0 saturated heterocycles. The Bertz CT molecular complexity index is 260. The molecule has 0 aromatic heterocycles. The maximum atomic E-state index is 11.7. The Hall–Kier alpha value is -0.0900. The predicted molar refractivity (Wildman–Crippen MR) is 71.2 cm³/mol. The van der Waals surface area contributed by atoms with Crippen LogP contribution in [0.3, 0.4) is 0 Å². The van der Waals surface area contributed by atoms with Crippen molar-refractivity contribution in [1.82, 2.24) is 5.32 Å². The zero-order valence-electron chi connectivity index (χ0n) is 10.3. The lowest BCUT2D eigenvalue weighted by Crippen LogP contribution is -2.30. The second-order valence-electron chi connectivity index (χ2n) is 5.29. The predicted octanol–water partition coefficient (Wildman–Crippen LogP) is 2.34. The van der Waals surface area contributed by atoms with Gasteiger partial charge in [0.25, 0.3) is 0 Å². The summed E-state index contributed by atoms with van der Waals surface area (Å²) in [5.74, 6) is 2.65. The summed E-state index contributed by atoms with van der Waals surface area (Å²) < 4.78 is 5.29. The number of hydrogen-bond acceptors (Lipinski definition) is 2. The Labute approximate surface area is 112 Å². The summed E-state index contributed by atoms with van der Waals surface area (Å²) in [5, 5.41) is 3.80. The Balaban J connectivity index is 1.55. The van der Waals surface area contributed by atoms with E-state index in [9.17, 15) is 4.79 Å². The molecule has 0 heterocycles.